The largest absolute Gasteiger partial charge is 0.382 e. The first-order valence-electron chi connectivity index (χ1n) is 9.84. The molecule has 162 valence electrons. The SMILES string of the molecule is CCCc1cc2cccc(Cl)c2c(=O)n1-c1ccccc1.N#Cc1c(N)nc(N)nc1N. The number of aromatic nitrogens is 3. The van der Waals surface area contributed by atoms with Crippen LogP contribution in [0.25, 0.3) is 16.5 Å². The lowest BCUT2D eigenvalue weighted by Gasteiger charge is -2.14. The Bertz CT molecular complexity index is 1340. The molecule has 0 atom stereocenters. The summed E-state index contributed by atoms with van der Waals surface area (Å²) in [5.41, 5.74) is 17.7. The number of aryl methyl sites for hydroxylation is 1. The Kier molecular flexibility index (Phi) is 6.93. The van der Waals surface area contributed by atoms with Gasteiger partial charge in [-0.1, -0.05) is 55.3 Å². The van der Waals surface area contributed by atoms with Gasteiger partial charge in [0, 0.05) is 11.4 Å². The van der Waals surface area contributed by atoms with Gasteiger partial charge in [-0.2, -0.15) is 15.2 Å². The molecule has 9 heteroatoms. The van der Waals surface area contributed by atoms with Crippen LogP contribution in [0.1, 0.15) is 24.6 Å². The number of nitrogen functional groups attached to an aromatic ring is 3. The van der Waals surface area contributed by atoms with Crippen molar-refractivity contribution in [2.75, 3.05) is 17.2 Å². The Morgan fingerprint density at radius 1 is 1.03 bits per heavy atom. The first-order chi connectivity index (χ1) is 15.4. The molecule has 0 amide bonds. The summed E-state index contributed by atoms with van der Waals surface area (Å²) >= 11 is 6.24. The molecule has 0 saturated heterocycles. The molecule has 0 spiro atoms. The molecule has 0 bridgehead atoms. The molecule has 0 aliphatic carbocycles. The van der Waals surface area contributed by atoms with Gasteiger partial charge in [0.2, 0.25) is 5.95 Å². The molecule has 4 aromatic rings. The van der Waals surface area contributed by atoms with Crippen molar-refractivity contribution >= 4 is 40.0 Å². The predicted octanol–water partition coefficient (Wildman–Crippen LogP) is 3.69. The number of anilines is 3. The van der Waals surface area contributed by atoms with Crippen LogP contribution in [-0.4, -0.2) is 14.5 Å². The molecule has 0 radical (unpaired) electrons. The van der Waals surface area contributed by atoms with Gasteiger partial charge in [0.1, 0.15) is 23.3 Å². The van der Waals surface area contributed by atoms with Crippen LogP contribution in [0.3, 0.4) is 0 Å². The fourth-order valence-corrected chi connectivity index (χ4v) is 3.57. The number of para-hydroxylation sites is 1. The van der Waals surface area contributed by atoms with Crippen molar-refractivity contribution in [3.63, 3.8) is 0 Å². The number of nitrogens with zero attached hydrogens (tertiary/aromatic N) is 4. The number of rotatable bonds is 3. The maximum absolute atomic E-state index is 12.9. The van der Waals surface area contributed by atoms with Crippen molar-refractivity contribution < 1.29 is 0 Å². The first kappa shape index (κ1) is 22.6. The minimum absolute atomic E-state index is 0.0116. The highest BCUT2D eigenvalue weighted by atomic mass is 35.5. The zero-order valence-electron chi connectivity index (χ0n) is 17.4. The van der Waals surface area contributed by atoms with E-state index in [0.29, 0.717) is 10.4 Å². The summed E-state index contributed by atoms with van der Waals surface area (Å²) in [7, 11) is 0. The van der Waals surface area contributed by atoms with Gasteiger partial charge in [-0.25, -0.2) is 0 Å². The highest BCUT2D eigenvalue weighted by molar-refractivity contribution is 6.35. The van der Waals surface area contributed by atoms with Crippen molar-refractivity contribution in [2.45, 2.75) is 19.8 Å². The van der Waals surface area contributed by atoms with E-state index in [-0.39, 0.29) is 28.7 Å². The van der Waals surface area contributed by atoms with Crippen LogP contribution < -0.4 is 22.8 Å². The number of nitriles is 1. The highest BCUT2D eigenvalue weighted by Crippen LogP contribution is 2.23. The zero-order chi connectivity index (χ0) is 23.3. The Labute approximate surface area is 189 Å². The summed E-state index contributed by atoms with van der Waals surface area (Å²) in [6.07, 6.45) is 1.84. The van der Waals surface area contributed by atoms with Crippen molar-refractivity contribution in [3.8, 4) is 11.8 Å². The van der Waals surface area contributed by atoms with E-state index in [1.807, 2.05) is 42.5 Å². The van der Waals surface area contributed by atoms with Crippen molar-refractivity contribution in [1.29, 1.82) is 5.26 Å². The van der Waals surface area contributed by atoms with E-state index in [4.69, 9.17) is 34.1 Å². The van der Waals surface area contributed by atoms with Gasteiger partial charge in [0.15, 0.2) is 0 Å². The third kappa shape index (κ3) is 4.63. The third-order valence-electron chi connectivity index (χ3n) is 4.69. The molecular weight excluding hydrogens is 426 g/mol. The summed E-state index contributed by atoms with van der Waals surface area (Å²) in [4.78, 5) is 20.0. The Morgan fingerprint density at radius 2 is 1.69 bits per heavy atom. The van der Waals surface area contributed by atoms with Crippen LogP contribution in [-0.2, 0) is 6.42 Å². The molecule has 0 unspecified atom stereocenters. The third-order valence-corrected chi connectivity index (χ3v) is 5.00. The van der Waals surface area contributed by atoms with Gasteiger partial charge >= 0.3 is 0 Å². The lowest BCUT2D eigenvalue weighted by atomic mass is 10.1. The molecular formula is C23H22ClN7O. The van der Waals surface area contributed by atoms with Crippen LogP contribution in [0.5, 0.6) is 0 Å². The van der Waals surface area contributed by atoms with E-state index in [9.17, 15) is 4.79 Å². The molecule has 6 N–H and O–H groups in total. The lowest BCUT2D eigenvalue weighted by molar-refractivity contribution is 0.818. The van der Waals surface area contributed by atoms with Crippen LogP contribution in [0, 0.1) is 11.3 Å². The van der Waals surface area contributed by atoms with Crippen LogP contribution >= 0.6 is 11.6 Å². The quantitative estimate of drug-likeness (QED) is 0.433. The minimum atomic E-state index is -0.0484. The van der Waals surface area contributed by atoms with Gasteiger partial charge in [0.25, 0.3) is 5.56 Å². The molecule has 2 aromatic carbocycles. The fraction of sp³-hybridized carbons (Fsp3) is 0.130. The number of halogens is 1. The monoisotopic (exact) mass is 447 g/mol. The predicted molar refractivity (Wildman–Crippen MR) is 129 cm³/mol. The van der Waals surface area contributed by atoms with Gasteiger partial charge in [-0.3, -0.25) is 9.36 Å². The van der Waals surface area contributed by atoms with E-state index in [1.54, 1.807) is 16.7 Å². The van der Waals surface area contributed by atoms with Crippen LogP contribution in [0.2, 0.25) is 5.02 Å². The molecule has 2 heterocycles. The van der Waals surface area contributed by atoms with Crippen molar-refractivity contribution in [1.82, 2.24) is 14.5 Å². The van der Waals surface area contributed by atoms with Gasteiger partial charge < -0.3 is 17.2 Å². The van der Waals surface area contributed by atoms with E-state index >= 15 is 0 Å². The summed E-state index contributed by atoms with van der Waals surface area (Å²) in [5, 5.41) is 10.5. The Hall–Kier alpha value is -4.09. The van der Waals surface area contributed by atoms with E-state index < -0.39 is 0 Å². The maximum atomic E-state index is 12.9. The van der Waals surface area contributed by atoms with E-state index in [1.165, 1.54) is 0 Å². The summed E-state index contributed by atoms with van der Waals surface area (Å²) in [6.45, 7) is 2.11. The molecule has 32 heavy (non-hydrogen) atoms. The molecule has 2 aromatic heterocycles. The number of hydrogen-bond donors (Lipinski definition) is 3. The molecule has 0 saturated carbocycles. The van der Waals surface area contributed by atoms with E-state index in [0.717, 1.165) is 29.6 Å². The fourth-order valence-electron chi connectivity index (χ4n) is 3.30. The Morgan fingerprint density at radius 3 is 2.28 bits per heavy atom. The smallest absolute Gasteiger partial charge is 0.264 e. The standard InChI is InChI=1S/C18H16ClNO.C5H6N6/c1-2-7-15-12-13-8-6-11-16(19)17(13)18(21)20(15)14-9-4-3-5-10-14;6-1-2-3(7)10-5(9)11-4(2)8/h3-6,8-12H,2,7H2,1H3;(H6,7,8,9,10,11). The van der Waals surface area contributed by atoms with E-state index in [2.05, 4.69) is 23.0 Å². The van der Waals surface area contributed by atoms with Gasteiger partial charge in [-0.05, 0) is 36.1 Å². The number of pyridine rings is 1. The first-order valence-corrected chi connectivity index (χ1v) is 10.2. The molecule has 0 fully saturated rings. The molecule has 4 rings (SSSR count). The molecule has 0 aliphatic heterocycles. The normalized spacial score (nSPS) is 10.3. The maximum Gasteiger partial charge on any atom is 0.264 e. The average molecular weight is 448 g/mol. The molecule has 8 nitrogen and oxygen atoms in total. The second kappa shape index (κ2) is 9.81. The Balaban J connectivity index is 0.000000222. The zero-order valence-corrected chi connectivity index (χ0v) is 18.2. The number of benzene rings is 2. The average Bonchev–Trinajstić information content (AvgIpc) is 2.75. The van der Waals surface area contributed by atoms with Crippen molar-refractivity contribution in [3.05, 3.63) is 81.2 Å². The molecule has 0 aliphatic rings. The van der Waals surface area contributed by atoms with Crippen LogP contribution in [0.4, 0.5) is 17.6 Å². The lowest BCUT2D eigenvalue weighted by Crippen LogP contribution is -2.22. The highest BCUT2D eigenvalue weighted by Gasteiger charge is 2.12. The summed E-state index contributed by atoms with van der Waals surface area (Å²) in [5.74, 6) is -0.00556. The van der Waals surface area contributed by atoms with Crippen molar-refractivity contribution in [2.24, 2.45) is 0 Å². The van der Waals surface area contributed by atoms with Crippen LogP contribution in [0.15, 0.2) is 59.4 Å². The second-order valence-electron chi connectivity index (χ2n) is 6.90. The number of nitrogens with two attached hydrogens (primary N) is 3. The summed E-state index contributed by atoms with van der Waals surface area (Å²) < 4.78 is 1.78. The number of hydrogen-bond acceptors (Lipinski definition) is 7. The van der Waals surface area contributed by atoms with Gasteiger partial charge in [-0.15, -0.1) is 0 Å². The second-order valence-corrected chi connectivity index (χ2v) is 7.31. The summed E-state index contributed by atoms with van der Waals surface area (Å²) in [6, 6.07) is 19.1. The topological polar surface area (TPSA) is 150 Å². The number of fused-ring (bicyclic) bond motifs is 1. The minimum Gasteiger partial charge on any atom is -0.382 e. The van der Waals surface area contributed by atoms with Gasteiger partial charge in [0.05, 0.1) is 10.4 Å².